The minimum atomic E-state index is -0.753. The van der Waals surface area contributed by atoms with E-state index in [4.69, 9.17) is 4.42 Å². The van der Waals surface area contributed by atoms with Crippen molar-refractivity contribution in [2.24, 2.45) is 0 Å². The lowest BCUT2D eigenvalue weighted by molar-refractivity contribution is -0.140. The van der Waals surface area contributed by atoms with Crippen molar-refractivity contribution in [3.05, 3.63) is 77.8 Å². The van der Waals surface area contributed by atoms with E-state index in [-0.39, 0.29) is 11.3 Å². The van der Waals surface area contributed by atoms with E-state index < -0.39 is 17.7 Å². The molecule has 148 valence electrons. The molecule has 1 unspecified atom stereocenters. The summed E-state index contributed by atoms with van der Waals surface area (Å²) in [6.07, 6.45) is 1.50. The van der Waals surface area contributed by atoms with E-state index in [1.165, 1.54) is 11.2 Å². The van der Waals surface area contributed by atoms with Gasteiger partial charge in [0.1, 0.15) is 17.6 Å². The first-order chi connectivity index (χ1) is 14.0. The van der Waals surface area contributed by atoms with E-state index in [2.05, 4.69) is 0 Å². The first kappa shape index (κ1) is 19.0. The third-order valence-electron chi connectivity index (χ3n) is 5.16. The number of benzene rings is 2. The average molecular weight is 390 g/mol. The predicted octanol–water partition coefficient (Wildman–Crippen LogP) is 3.42. The van der Waals surface area contributed by atoms with E-state index in [0.717, 1.165) is 10.8 Å². The van der Waals surface area contributed by atoms with Crippen molar-refractivity contribution in [1.29, 1.82) is 0 Å². The zero-order valence-electron chi connectivity index (χ0n) is 16.3. The number of nitrogens with zero attached hydrogens (tertiary/aromatic N) is 2. The van der Waals surface area contributed by atoms with Crippen molar-refractivity contribution in [3.8, 4) is 0 Å². The molecular weight excluding hydrogens is 368 g/mol. The minimum Gasteiger partial charge on any atom is -0.507 e. The fourth-order valence-electron chi connectivity index (χ4n) is 3.65. The summed E-state index contributed by atoms with van der Waals surface area (Å²) in [7, 11) is 3.79. The van der Waals surface area contributed by atoms with Crippen LogP contribution in [0.4, 0.5) is 0 Å². The Kier molecular flexibility index (Phi) is 4.94. The van der Waals surface area contributed by atoms with E-state index in [1.54, 1.807) is 18.2 Å². The molecule has 0 bridgehead atoms. The van der Waals surface area contributed by atoms with Crippen molar-refractivity contribution < 1.29 is 19.1 Å². The van der Waals surface area contributed by atoms with Crippen LogP contribution in [-0.2, 0) is 9.59 Å². The third kappa shape index (κ3) is 3.43. The Balaban J connectivity index is 1.83. The molecule has 1 saturated heterocycles. The Hall–Kier alpha value is -3.38. The molecule has 3 aromatic rings. The molecule has 1 fully saturated rings. The fraction of sp³-hybridized carbons (Fsp3) is 0.217. The van der Waals surface area contributed by atoms with Crippen LogP contribution in [0.5, 0.6) is 0 Å². The quantitative estimate of drug-likeness (QED) is 0.411. The molecule has 2 aromatic carbocycles. The summed E-state index contributed by atoms with van der Waals surface area (Å²) in [4.78, 5) is 29.0. The number of fused-ring (bicyclic) bond motifs is 1. The molecule has 2 heterocycles. The molecule has 0 aliphatic carbocycles. The van der Waals surface area contributed by atoms with Crippen LogP contribution >= 0.6 is 0 Å². The van der Waals surface area contributed by atoms with Crippen LogP contribution < -0.4 is 0 Å². The molecule has 1 aliphatic heterocycles. The summed E-state index contributed by atoms with van der Waals surface area (Å²) >= 11 is 0. The van der Waals surface area contributed by atoms with Crippen LogP contribution in [-0.4, -0.2) is 53.8 Å². The van der Waals surface area contributed by atoms with Crippen LogP contribution in [0.25, 0.3) is 16.5 Å². The van der Waals surface area contributed by atoms with Crippen molar-refractivity contribution >= 4 is 28.2 Å². The monoisotopic (exact) mass is 390 g/mol. The Morgan fingerprint density at radius 1 is 1.07 bits per heavy atom. The Morgan fingerprint density at radius 2 is 1.83 bits per heavy atom. The number of likely N-dealkylation sites (tertiary alicyclic amines) is 1. The molecule has 1 atom stereocenters. The number of likely N-dealkylation sites (N-methyl/N-ethyl adjacent to an activating group) is 1. The number of hydrogen-bond donors (Lipinski definition) is 1. The summed E-state index contributed by atoms with van der Waals surface area (Å²) in [6.45, 7) is 0.928. The number of hydrogen-bond acceptors (Lipinski definition) is 5. The molecule has 0 spiro atoms. The lowest BCUT2D eigenvalue weighted by Gasteiger charge is -2.24. The standard InChI is InChI=1S/C23H22N2O4/c1-24(2)11-12-25-20(18-8-5-13-29-18)19(22(27)23(25)28)21(26)17-10-9-15-6-3-4-7-16(15)14-17/h3-10,13-14,20,26H,11-12H2,1-2H3/b21-19-. The molecule has 29 heavy (non-hydrogen) atoms. The third-order valence-corrected chi connectivity index (χ3v) is 5.16. The summed E-state index contributed by atoms with van der Waals surface area (Å²) in [5.41, 5.74) is 0.546. The lowest BCUT2D eigenvalue weighted by Crippen LogP contribution is -2.35. The maximum atomic E-state index is 12.9. The van der Waals surface area contributed by atoms with Gasteiger partial charge in [0.25, 0.3) is 11.7 Å². The van der Waals surface area contributed by atoms with Crippen LogP contribution in [0.2, 0.25) is 0 Å². The molecule has 1 aliphatic rings. The SMILES string of the molecule is CN(C)CCN1C(=O)C(=O)/C(=C(\O)c2ccc3ccccc3c2)C1c1ccco1. The van der Waals surface area contributed by atoms with Crippen molar-refractivity contribution in [3.63, 3.8) is 0 Å². The van der Waals surface area contributed by atoms with Gasteiger partial charge in [0, 0.05) is 18.7 Å². The summed E-state index contributed by atoms with van der Waals surface area (Å²) in [6, 6.07) is 15.9. The Labute approximate surface area is 168 Å². The van der Waals surface area contributed by atoms with Gasteiger partial charge in [0.15, 0.2) is 0 Å². The van der Waals surface area contributed by atoms with Crippen molar-refractivity contribution in [2.45, 2.75) is 6.04 Å². The smallest absolute Gasteiger partial charge is 0.295 e. The average Bonchev–Trinajstić information content (AvgIpc) is 3.33. The number of ketones is 1. The molecule has 0 radical (unpaired) electrons. The number of carbonyl (C=O) groups excluding carboxylic acids is 2. The summed E-state index contributed by atoms with van der Waals surface area (Å²) < 4.78 is 5.53. The van der Waals surface area contributed by atoms with Crippen LogP contribution in [0.15, 0.2) is 70.9 Å². The summed E-state index contributed by atoms with van der Waals surface area (Å²) in [5.74, 6) is -1.07. The van der Waals surface area contributed by atoms with E-state index >= 15 is 0 Å². The largest absolute Gasteiger partial charge is 0.507 e. The first-order valence-electron chi connectivity index (χ1n) is 9.43. The molecule has 1 aromatic heterocycles. The molecule has 0 saturated carbocycles. The minimum absolute atomic E-state index is 0.0546. The molecule has 1 amide bonds. The zero-order chi connectivity index (χ0) is 20.5. The van der Waals surface area contributed by atoms with Crippen LogP contribution in [0.1, 0.15) is 17.4 Å². The highest BCUT2D eigenvalue weighted by atomic mass is 16.3. The zero-order valence-corrected chi connectivity index (χ0v) is 16.3. The number of Topliss-reactive ketones (excluding diaryl/α,β-unsaturated/α-hetero) is 1. The van der Waals surface area contributed by atoms with Gasteiger partial charge < -0.3 is 19.3 Å². The van der Waals surface area contributed by atoms with E-state index in [0.29, 0.717) is 24.4 Å². The van der Waals surface area contributed by atoms with Gasteiger partial charge in [-0.25, -0.2) is 0 Å². The predicted molar refractivity (Wildman–Crippen MR) is 110 cm³/mol. The number of aliphatic hydroxyl groups is 1. The number of furan rings is 1. The number of aliphatic hydroxyl groups excluding tert-OH is 1. The topological polar surface area (TPSA) is 74.0 Å². The normalized spacial score (nSPS) is 18.9. The second-order valence-electron chi connectivity index (χ2n) is 7.37. The second-order valence-corrected chi connectivity index (χ2v) is 7.37. The van der Waals surface area contributed by atoms with Gasteiger partial charge in [0.2, 0.25) is 0 Å². The molecule has 6 nitrogen and oxygen atoms in total. The van der Waals surface area contributed by atoms with E-state index in [1.807, 2.05) is 55.4 Å². The fourth-order valence-corrected chi connectivity index (χ4v) is 3.65. The van der Waals surface area contributed by atoms with Gasteiger partial charge in [-0.2, -0.15) is 0 Å². The highest BCUT2D eigenvalue weighted by Gasteiger charge is 2.47. The van der Waals surface area contributed by atoms with Gasteiger partial charge in [-0.15, -0.1) is 0 Å². The molecular formula is C23H22N2O4. The second kappa shape index (κ2) is 7.56. The molecule has 4 rings (SSSR count). The molecule has 6 heteroatoms. The highest BCUT2D eigenvalue weighted by molar-refractivity contribution is 6.46. The van der Waals surface area contributed by atoms with Crippen molar-refractivity contribution in [1.82, 2.24) is 9.80 Å². The van der Waals surface area contributed by atoms with Crippen molar-refractivity contribution in [2.75, 3.05) is 27.2 Å². The van der Waals surface area contributed by atoms with E-state index in [9.17, 15) is 14.7 Å². The van der Waals surface area contributed by atoms with Crippen LogP contribution in [0.3, 0.4) is 0 Å². The maximum absolute atomic E-state index is 12.9. The van der Waals surface area contributed by atoms with Gasteiger partial charge in [-0.3, -0.25) is 9.59 Å². The van der Waals surface area contributed by atoms with Gasteiger partial charge in [-0.05, 0) is 43.1 Å². The molecule has 1 N–H and O–H groups in total. The summed E-state index contributed by atoms with van der Waals surface area (Å²) in [5, 5.41) is 13.0. The first-order valence-corrected chi connectivity index (χ1v) is 9.43. The number of amides is 1. The van der Waals surface area contributed by atoms with Crippen LogP contribution in [0, 0.1) is 0 Å². The number of carbonyl (C=O) groups is 2. The number of rotatable bonds is 5. The highest BCUT2D eigenvalue weighted by Crippen LogP contribution is 2.39. The van der Waals surface area contributed by atoms with Gasteiger partial charge in [-0.1, -0.05) is 36.4 Å². The van der Waals surface area contributed by atoms with Gasteiger partial charge in [0.05, 0.1) is 11.8 Å². The Bertz CT molecular complexity index is 1100. The maximum Gasteiger partial charge on any atom is 0.295 e. The lowest BCUT2D eigenvalue weighted by atomic mass is 9.98. The Morgan fingerprint density at radius 3 is 2.52 bits per heavy atom. The van der Waals surface area contributed by atoms with Gasteiger partial charge >= 0.3 is 0 Å².